The highest BCUT2D eigenvalue weighted by Gasteiger charge is 2.13. The van der Waals surface area contributed by atoms with Gasteiger partial charge in [0, 0.05) is 11.8 Å². The van der Waals surface area contributed by atoms with E-state index in [1.165, 1.54) is 32.7 Å². The van der Waals surface area contributed by atoms with E-state index >= 15 is 0 Å². The summed E-state index contributed by atoms with van der Waals surface area (Å²) in [6.07, 6.45) is 0. The molecule has 0 aliphatic rings. The lowest BCUT2D eigenvalue weighted by atomic mass is 9.94. The molecule has 0 N–H and O–H groups in total. The van der Waals surface area contributed by atoms with Crippen LogP contribution >= 0.6 is 0 Å². The predicted octanol–water partition coefficient (Wildman–Crippen LogP) is 6.92. The van der Waals surface area contributed by atoms with Crippen molar-refractivity contribution in [2.75, 3.05) is 13.2 Å². The third kappa shape index (κ3) is 3.74. The van der Waals surface area contributed by atoms with Gasteiger partial charge in [0.1, 0.15) is 0 Å². The fourth-order valence-electron chi connectivity index (χ4n) is 3.96. The SMILES string of the molecule is CC(COCC(C)c1cccc2ccccc12)c1cccc2ccccc12. The summed E-state index contributed by atoms with van der Waals surface area (Å²) in [5.41, 5.74) is 2.73. The highest BCUT2D eigenvalue weighted by atomic mass is 16.5. The summed E-state index contributed by atoms with van der Waals surface area (Å²) >= 11 is 0. The van der Waals surface area contributed by atoms with Gasteiger partial charge in [0.15, 0.2) is 0 Å². The molecule has 4 aromatic carbocycles. The van der Waals surface area contributed by atoms with E-state index in [1.807, 2.05) is 0 Å². The Balaban J connectivity index is 1.44. The minimum Gasteiger partial charge on any atom is -0.380 e. The lowest BCUT2D eigenvalue weighted by molar-refractivity contribution is 0.114. The van der Waals surface area contributed by atoms with Crippen LogP contribution in [-0.2, 0) is 4.74 Å². The minimum absolute atomic E-state index is 0.371. The highest BCUT2D eigenvalue weighted by molar-refractivity contribution is 5.86. The van der Waals surface area contributed by atoms with Gasteiger partial charge in [-0.05, 0) is 32.7 Å². The molecule has 0 fully saturated rings. The molecule has 0 aliphatic carbocycles. The Bertz CT molecular complexity index is 954. The van der Waals surface area contributed by atoms with Crippen LogP contribution in [0.2, 0.25) is 0 Å². The Labute approximate surface area is 161 Å². The maximum atomic E-state index is 6.16. The lowest BCUT2D eigenvalue weighted by Crippen LogP contribution is -2.10. The summed E-state index contributed by atoms with van der Waals surface area (Å²) < 4.78 is 6.16. The van der Waals surface area contributed by atoms with Crippen molar-refractivity contribution in [1.82, 2.24) is 0 Å². The topological polar surface area (TPSA) is 9.23 Å². The van der Waals surface area contributed by atoms with Crippen LogP contribution in [-0.4, -0.2) is 13.2 Å². The fourth-order valence-corrected chi connectivity index (χ4v) is 3.96. The highest BCUT2D eigenvalue weighted by Crippen LogP contribution is 2.28. The molecule has 0 saturated heterocycles. The first-order chi connectivity index (χ1) is 13.2. The van der Waals surface area contributed by atoms with Crippen molar-refractivity contribution in [3.05, 3.63) is 96.1 Å². The van der Waals surface area contributed by atoms with Crippen molar-refractivity contribution in [2.45, 2.75) is 25.7 Å². The minimum atomic E-state index is 0.371. The van der Waals surface area contributed by atoms with E-state index in [4.69, 9.17) is 4.74 Å². The number of benzene rings is 4. The van der Waals surface area contributed by atoms with Crippen LogP contribution in [0.1, 0.15) is 36.8 Å². The Kier molecular flexibility index (Phi) is 5.22. The van der Waals surface area contributed by atoms with E-state index in [0.717, 1.165) is 13.2 Å². The average Bonchev–Trinajstić information content (AvgIpc) is 2.72. The maximum absolute atomic E-state index is 6.16. The second-order valence-corrected chi connectivity index (χ2v) is 7.48. The van der Waals surface area contributed by atoms with Crippen LogP contribution in [0, 0.1) is 0 Å². The zero-order valence-corrected chi connectivity index (χ0v) is 16.1. The van der Waals surface area contributed by atoms with Gasteiger partial charge in [0.25, 0.3) is 0 Å². The van der Waals surface area contributed by atoms with Crippen molar-refractivity contribution in [1.29, 1.82) is 0 Å². The standard InChI is InChI=1S/C26H26O/c1-19(23-15-7-11-21-9-3-5-13-25(21)23)17-27-18-20(2)24-16-8-12-22-10-4-6-14-26(22)24/h3-16,19-20H,17-18H2,1-2H3. The number of hydrogen-bond donors (Lipinski definition) is 0. The molecule has 0 spiro atoms. The normalized spacial score (nSPS) is 13.7. The third-order valence-corrected chi connectivity index (χ3v) is 5.44. The maximum Gasteiger partial charge on any atom is 0.0532 e. The first-order valence-corrected chi connectivity index (χ1v) is 9.77. The second-order valence-electron chi connectivity index (χ2n) is 7.48. The molecule has 2 unspecified atom stereocenters. The summed E-state index contributed by atoms with van der Waals surface area (Å²) in [7, 11) is 0. The molecule has 0 amide bonds. The zero-order chi connectivity index (χ0) is 18.6. The van der Waals surface area contributed by atoms with E-state index in [9.17, 15) is 0 Å². The average molecular weight is 354 g/mol. The molecule has 0 aromatic heterocycles. The molecule has 27 heavy (non-hydrogen) atoms. The Morgan fingerprint density at radius 1 is 0.556 bits per heavy atom. The molecule has 1 nitrogen and oxygen atoms in total. The van der Waals surface area contributed by atoms with E-state index in [1.54, 1.807) is 0 Å². The van der Waals surface area contributed by atoms with E-state index < -0.39 is 0 Å². The van der Waals surface area contributed by atoms with E-state index in [2.05, 4.69) is 98.8 Å². The van der Waals surface area contributed by atoms with Crippen LogP contribution in [0.25, 0.3) is 21.5 Å². The van der Waals surface area contributed by atoms with Crippen LogP contribution in [0.3, 0.4) is 0 Å². The molecule has 0 aliphatic heterocycles. The monoisotopic (exact) mass is 354 g/mol. The van der Waals surface area contributed by atoms with Gasteiger partial charge < -0.3 is 4.74 Å². The van der Waals surface area contributed by atoms with Gasteiger partial charge in [0.05, 0.1) is 13.2 Å². The Morgan fingerprint density at radius 2 is 0.963 bits per heavy atom. The summed E-state index contributed by atoms with van der Waals surface area (Å²) in [5, 5.41) is 5.26. The van der Waals surface area contributed by atoms with Crippen molar-refractivity contribution in [2.24, 2.45) is 0 Å². The number of ether oxygens (including phenoxy) is 1. The predicted molar refractivity (Wildman–Crippen MR) is 116 cm³/mol. The molecular formula is C26H26O. The summed E-state index contributed by atoms with van der Waals surface area (Å²) in [4.78, 5) is 0. The second kappa shape index (κ2) is 7.94. The van der Waals surface area contributed by atoms with Crippen LogP contribution < -0.4 is 0 Å². The van der Waals surface area contributed by atoms with Crippen LogP contribution in [0.4, 0.5) is 0 Å². The molecule has 0 heterocycles. The van der Waals surface area contributed by atoms with Crippen molar-refractivity contribution in [3.63, 3.8) is 0 Å². The molecule has 0 bridgehead atoms. The van der Waals surface area contributed by atoms with E-state index in [-0.39, 0.29) is 0 Å². The summed E-state index contributed by atoms with van der Waals surface area (Å²) in [5.74, 6) is 0.742. The fraction of sp³-hybridized carbons (Fsp3) is 0.231. The molecule has 1 heteroatoms. The first kappa shape index (κ1) is 17.8. The largest absolute Gasteiger partial charge is 0.380 e. The number of rotatable bonds is 6. The van der Waals surface area contributed by atoms with Gasteiger partial charge in [-0.15, -0.1) is 0 Å². The summed E-state index contributed by atoms with van der Waals surface area (Å²) in [6.45, 7) is 5.99. The van der Waals surface area contributed by atoms with Crippen LogP contribution in [0.5, 0.6) is 0 Å². The van der Waals surface area contributed by atoms with Gasteiger partial charge in [0.2, 0.25) is 0 Å². The number of fused-ring (bicyclic) bond motifs is 2. The summed E-state index contributed by atoms with van der Waals surface area (Å²) in [6, 6.07) is 30.3. The van der Waals surface area contributed by atoms with Gasteiger partial charge in [-0.3, -0.25) is 0 Å². The molecule has 0 saturated carbocycles. The van der Waals surface area contributed by atoms with Crippen LogP contribution in [0.15, 0.2) is 84.9 Å². The Morgan fingerprint density at radius 3 is 1.44 bits per heavy atom. The quantitative estimate of drug-likeness (QED) is 0.365. The van der Waals surface area contributed by atoms with Gasteiger partial charge in [-0.2, -0.15) is 0 Å². The molecule has 2 atom stereocenters. The molecular weight excluding hydrogens is 328 g/mol. The molecule has 136 valence electrons. The smallest absolute Gasteiger partial charge is 0.0532 e. The molecule has 4 rings (SSSR count). The third-order valence-electron chi connectivity index (χ3n) is 5.44. The Hall–Kier alpha value is -2.64. The number of hydrogen-bond acceptors (Lipinski definition) is 1. The zero-order valence-electron chi connectivity index (χ0n) is 16.1. The van der Waals surface area contributed by atoms with Crippen molar-refractivity contribution < 1.29 is 4.74 Å². The first-order valence-electron chi connectivity index (χ1n) is 9.77. The molecule has 4 aromatic rings. The van der Waals surface area contributed by atoms with Crippen molar-refractivity contribution >= 4 is 21.5 Å². The lowest BCUT2D eigenvalue weighted by Gasteiger charge is -2.18. The van der Waals surface area contributed by atoms with Gasteiger partial charge in [-0.1, -0.05) is 98.8 Å². The van der Waals surface area contributed by atoms with E-state index in [0.29, 0.717) is 11.8 Å². The van der Waals surface area contributed by atoms with Gasteiger partial charge >= 0.3 is 0 Å². The van der Waals surface area contributed by atoms with Crippen molar-refractivity contribution in [3.8, 4) is 0 Å². The van der Waals surface area contributed by atoms with Gasteiger partial charge in [-0.25, -0.2) is 0 Å². The molecule has 0 radical (unpaired) electrons.